The van der Waals surface area contributed by atoms with Crippen LogP contribution in [0.25, 0.3) is 0 Å². The molecule has 3 heterocycles. The molecule has 0 amide bonds. The van der Waals surface area contributed by atoms with Crippen LogP contribution in [0.1, 0.15) is 30.1 Å². The van der Waals surface area contributed by atoms with E-state index in [0.29, 0.717) is 13.2 Å². The first-order valence-electron chi connectivity index (χ1n) is 6.65. The van der Waals surface area contributed by atoms with E-state index in [1.165, 1.54) is 11.3 Å². The molecule has 1 spiro atoms. The van der Waals surface area contributed by atoms with Gasteiger partial charge in [-0.15, -0.1) is 0 Å². The van der Waals surface area contributed by atoms with Crippen LogP contribution in [-0.2, 0) is 15.1 Å². The number of hydrogen-bond donors (Lipinski definition) is 1. The van der Waals surface area contributed by atoms with Crippen molar-refractivity contribution in [3.8, 4) is 0 Å². The predicted octanol–water partition coefficient (Wildman–Crippen LogP) is 0.988. The highest BCUT2D eigenvalue weighted by Crippen LogP contribution is 2.41. The van der Waals surface area contributed by atoms with Crippen LogP contribution < -0.4 is 5.32 Å². The minimum absolute atomic E-state index is 0.129. The summed E-state index contributed by atoms with van der Waals surface area (Å²) in [5, 5.41) is 7.94. The smallest absolute Gasteiger partial charge is 0.112 e. The number of methoxy groups -OCH3 is 1. The van der Waals surface area contributed by atoms with Gasteiger partial charge in [-0.2, -0.15) is 5.10 Å². The molecule has 2 aliphatic heterocycles. The summed E-state index contributed by atoms with van der Waals surface area (Å²) in [5.74, 6) is 0. The fourth-order valence-electron chi connectivity index (χ4n) is 3.21. The normalized spacial score (nSPS) is 26.2. The SMILES string of the molecule is COCC1COC2(CCNCC2)c2c(C)cnn21. The van der Waals surface area contributed by atoms with Crippen molar-refractivity contribution in [3.63, 3.8) is 0 Å². The van der Waals surface area contributed by atoms with Gasteiger partial charge in [-0.05, 0) is 38.4 Å². The Labute approximate surface area is 107 Å². The molecule has 0 aromatic carbocycles. The zero-order valence-corrected chi connectivity index (χ0v) is 11.1. The van der Waals surface area contributed by atoms with Gasteiger partial charge in [0.1, 0.15) is 5.60 Å². The van der Waals surface area contributed by atoms with E-state index in [9.17, 15) is 0 Å². The molecule has 5 nitrogen and oxygen atoms in total. The number of aryl methyl sites for hydroxylation is 1. The first-order chi connectivity index (χ1) is 8.77. The predicted molar refractivity (Wildman–Crippen MR) is 67.6 cm³/mol. The number of piperidine rings is 1. The first kappa shape index (κ1) is 12.1. The maximum absolute atomic E-state index is 6.26. The van der Waals surface area contributed by atoms with Gasteiger partial charge in [-0.3, -0.25) is 4.68 Å². The maximum Gasteiger partial charge on any atom is 0.112 e. The zero-order chi connectivity index (χ0) is 12.6. The molecule has 0 bridgehead atoms. The van der Waals surface area contributed by atoms with E-state index >= 15 is 0 Å². The standard InChI is InChI=1S/C13H21N3O2/c1-10-7-15-16-11(8-17-2)9-18-13(12(10)16)3-5-14-6-4-13/h7,11,14H,3-6,8-9H2,1-2H3. The van der Waals surface area contributed by atoms with Crippen molar-refractivity contribution in [1.82, 2.24) is 15.1 Å². The molecule has 100 valence electrons. The van der Waals surface area contributed by atoms with Crippen LogP contribution in [0.4, 0.5) is 0 Å². The largest absolute Gasteiger partial charge is 0.382 e. The summed E-state index contributed by atoms with van der Waals surface area (Å²) in [6.07, 6.45) is 4.01. The van der Waals surface area contributed by atoms with Gasteiger partial charge in [-0.1, -0.05) is 0 Å². The van der Waals surface area contributed by atoms with Gasteiger partial charge in [0.05, 0.1) is 31.1 Å². The van der Waals surface area contributed by atoms with Crippen LogP contribution >= 0.6 is 0 Å². The van der Waals surface area contributed by atoms with Crippen molar-refractivity contribution in [2.45, 2.75) is 31.4 Å². The quantitative estimate of drug-likeness (QED) is 0.851. The van der Waals surface area contributed by atoms with Crippen LogP contribution in [0.5, 0.6) is 0 Å². The molecule has 5 heteroatoms. The number of nitrogens with zero attached hydrogens (tertiary/aromatic N) is 2. The van der Waals surface area contributed by atoms with Crippen LogP contribution in [0, 0.1) is 6.92 Å². The van der Waals surface area contributed by atoms with Crippen molar-refractivity contribution < 1.29 is 9.47 Å². The van der Waals surface area contributed by atoms with Gasteiger partial charge >= 0.3 is 0 Å². The molecule has 3 rings (SSSR count). The van der Waals surface area contributed by atoms with Crippen molar-refractivity contribution in [2.75, 3.05) is 33.4 Å². The summed E-state index contributed by atoms with van der Waals surface area (Å²) in [6, 6.07) is 0.208. The van der Waals surface area contributed by atoms with E-state index in [2.05, 4.69) is 22.0 Å². The van der Waals surface area contributed by atoms with Gasteiger partial charge in [-0.25, -0.2) is 0 Å². The minimum Gasteiger partial charge on any atom is -0.382 e. The minimum atomic E-state index is -0.129. The third kappa shape index (κ3) is 1.77. The summed E-state index contributed by atoms with van der Waals surface area (Å²) in [5.41, 5.74) is 2.37. The highest BCUT2D eigenvalue weighted by molar-refractivity contribution is 5.26. The molecule has 2 aliphatic rings. The molecule has 1 atom stereocenters. The second kappa shape index (κ2) is 4.64. The number of aromatic nitrogens is 2. The molecule has 1 unspecified atom stereocenters. The monoisotopic (exact) mass is 251 g/mol. The maximum atomic E-state index is 6.26. The summed E-state index contributed by atoms with van der Waals surface area (Å²) in [4.78, 5) is 0. The van der Waals surface area contributed by atoms with Crippen molar-refractivity contribution in [3.05, 3.63) is 17.5 Å². The van der Waals surface area contributed by atoms with E-state index in [0.717, 1.165) is 25.9 Å². The van der Waals surface area contributed by atoms with E-state index < -0.39 is 0 Å². The molecule has 1 N–H and O–H groups in total. The van der Waals surface area contributed by atoms with Crippen molar-refractivity contribution in [1.29, 1.82) is 0 Å². The Morgan fingerprint density at radius 3 is 3.06 bits per heavy atom. The summed E-state index contributed by atoms with van der Waals surface area (Å²) >= 11 is 0. The summed E-state index contributed by atoms with van der Waals surface area (Å²) < 4.78 is 13.7. The van der Waals surface area contributed by atoms with Crippen LogP contribution in [0.3, 0.4) is 0 Å². The van der Waals surface area contributed by atoms with E-state index in [4.69, 9.17) is 9.47 Å². The van der Waals surface area contributed by atoms with Gasteiger partial charge in [0, 0.05) is 7.11 Å². The fraction of sp³-hybridized carbons (Fsp3) is 0.769. The Morgan fingerprint density at radius 2 is 2.33 bits per heavy atom. The second-order valence-corrected chi connectivity index (χ2v) is 5.29. The van der Waals surface area contributed by atoms with E-state index in [-0.39, 0.29) is 11.6 Å². The van der Waals surface area contributed by atoms with Crippen LogP contribution in [0.2, 0.25) is 0 Å². The lowest BCUT2D eigenvalue weighted by Gasteiger charge is -2.43. The summed E-state index contributed by atoms with van der Waals surface area (Å²) in [6.45, 7) is 5.50. The molecular formula is C13H21N3O2. The van der Waals surface area contributed by atoms with E-state index in [1.54, 1.807) is 7.11 Å². The Kier molecular flexibility index (Phi) is 3.13. The number of nitrogens with one attached hydrogen (secondary N) is 1. The summed E-state index contributed by atoms with van der Waals surface area (Å²) in [7, 11) is 1.73. The van der Waals surface area contributed by atoms with Crippen LogP contribution in [0.15, 0.2) is 6.20 Å². The molecule has 0 radical (unpaired) electrons. The lowest BCUT2D eigenvalue weighted by molar-refractivity contribution is -0.119. The molecule has 1 aromatic heterocycles. The second-order valence-electron chi connectivity index (χ2n) is 5.29. The third-order valence-corrected chi connectivity index (χ3v) is 4.08. The van der Waals surface area contributed by atoms with Crippen LogP contribution in [-0.4, -0.2) is 43.2 Å². The Hall–Kier alpha value is -0.910. The Balaban J connectivity index is 2.00. The molecule has 0 saturated carbocycles. The van der Waals surface area contributed by atoms with Gasteiger partial charge in [0.2, 0.25) is 0 Å². The average molecular weight is 251 g/mol. The number of ether oxygens (including phenoxy) is 2. The van der Waals surface area contributed by atoms with Crippen molar-refractivity contribution in [2.24, 2.45) is 0 Å². The highest BCUT2D eigenvalue weighted by Gasteiger charge is 2.43. The van der Waals surface area contributed by atoms with Gasteiger partial charge < -0.3 is 14.8 Å². The van der Waals surface area contributed by atoms with Gasteiger partial charge in [0.25, 0.3) is 0 Å². The topological polar surface area (TPSA) is 48.3 Å². The lowest BCUT2D eigenvalue weighted by Crippen LogP contribution is -2.48. The number of hydrogen-bond acceptors (Lipinski definition) is 4. The fourth-order valence-corrected chi connectivity index (χ4v) is 3.21. The van der Waals surface area contributed by atoms with E-state index in [1.807, 2.05) is 6.20 Å². The molecule has 1 saturated heterocycles. The Bertz CT molecular complexity index is 424. The lowest BCUT2D eigenvalue weighted by atomic mass is 9.85. The number of rotatable bonds is 2. The molecule has 18 heavy (non-hydrogen) atoms. The molecule has 1 fully saturated rings. The first-order valence-corrected chi connectivity index (χ1v) is 6.65. The van der Waals surface area contributed by atoms with Crippen molar-refractivity contribution >= 4 is 0 Å². The zero-order valence-electron chi connectivity index (χ0n) is 11.1. The Morgan fingerprint density at radius 1 is 1.56 bits per heavy atom. The third-order valence-electron chi connectivity index (χ3n) is 4.08. The molecular weight excluding hydrogens is 230 g/mol. The number of fused-ring (bicyclic) bond motifs is 2. The molecule has 1 aromatic rings. The highest BCUT2D eigenvalue weighted by atomic mass is 16.5. The molecule has 0 aliphatic carbocycles. The average Bonchev–Trinajstić information content (AvgIpc) is 2.78. The van der Waals surface area contributed by atoms with Gasteiger partial charge in [0.15, 0.2) is 0 Å².